The van der Waals surface area contributed by atoms with Gasteiger partial charge in [0.2, 0.25) is 0 Å². The number of methoxy groups -OCH3 is 1. The quantitative estimate of drug-likeness (QED) is 0.375. The van der Waals surface area contributed by atoms with Crippen LogP contribution in [0.2, 0.25) is 0 Å². The summed E-state index contributed by atoms with van der Waals surface area (Å²) >= 11 is 0. The summed E-state index contributed by atoms with van der Waals surface area (Å²) in [5.74, 6) is 0.834. The highest BCUT2D eigenvalue weighted by molar-refractivity contribution is 14.0. The first kappa shape index (κ1) is 22.0. The summed E-state index contributed by atoms with van der Waals surface area (Å²) in [5, 5.41) is 6.62. The molecule has 0 heterocycles. The van der Waals surface area contributed by atoms with Gasteiger partial charge < -0.3 is 20.3 Å². The van der Waals surface area contributed by atoms with Crippen LogP contribution in [0, 0.1) is 0 Å². The zero-order valence-electron chi connectivity index (χ0n) is 14.9. The van der Waals surface area contributed by atoms with Crippen molar-refractivity contribution in [2.45, 2.75) is 32.9 Å². The fraction of sp³-hybridized carbons (Fsp3) is 0.588. The smallest absolute Gasteiger partial charge is 0.191 e. The minimum absolute atomic E-state index is 0. The first-order valence-corrected chi connectivity index (χ1v) is 7.90. The van der Waals surface area contributed by atoms with E-state index in [9.17, 15) is 0 Å². The average molecular weight is 434 g/mol. The normalized spacial score (nSPS) is 13.7. The fourth-order valence-corrected chi connectivity index (χ4v) is 2.11. The molecule has 2 unspecified atom stereocenters. The molecule has 132 valence electrons. The number of anilines is 1. The Kier molecular flexibility index (Phi) is 11.9. The summed E-state index contributed by atoms with van der Waals surface area (Å²) in [5.41, 5.74) is 1.20. The summed E-state index contributed by atoms with van der Waals surface area (Å²) in [6.45, 7) is 8.55. The molecule has 5 nitrogen and oxygen atoms in total. The van der Waals surface area contributed by atoms with Gasteiger partial charge in [0.1, 0.15) is 0 Å². The molecule has 0 saturated heterocycles. The van der Waals surface area contributed by atoms with Crippen LogP contribution in [0.5, 0.6) is 0 Å². The zero-order valence-corrected chi connectivity index (χ0v) is 17.2. The molecule has 2 N–H and O–H groups in total. The second-order valence-corrected chi connectivity index (χ2v) is 5.52. The third-order valence-electron chi connectivity index (χ3n) is 3.48. The van der Waals surface area contributed by atoms with E-state index in [0.29, 0.717) is 12.6 Å². The lowest BCUT2D eigenvalue weighted by Gasteiger charge is -2.26. The van der Waals surface area contributed by atoms with Crippen LogP contribution in [-0.2, 0) is 4.74 Å². The molecule has 0 aliphatic rings. The minimum Gasteiger partial charge on any atom is -0.383 e. The van der Waals surface area contributed by atoms with E-state index < -0.39 is 0 Å². The number of para-hydroxylation sites is 1. The first-order valence-electron chi connectivity index (χ1n) is 7.90. The summed E-state index contributed by atoms with van der Waals surface area (Å²) in [4.78, 5) is 6.92. The highest BCUT2D eigenvalue weighted by Crippen LogP contribution is 2.14. The molecule has 0 spiro atoms. The topological polar surface area (TPSA) is 48.9 Å². The Balaban J connectivity index is 0.00000484. The second-order valence-electron chi connectivity index (χ2n) is 5.52. The van der Waals surface area contributed by atoms with Crippen LogP contribution < -0.4 is 15.5 Å². The molecular weight excluding hydrogens is 403 g/mol. The highest BCUT2D eigenvalue weighted by atomic mass is 127. The molecule has 0 saturated carbocycles. The van der Waals surface area contributed by atoms with E-state index in [2.05, 4.69) is 72.6 Å². The molecule has 1 aromatic carbocycles. The van der Waals surface area contributed by atoms with E-state index in [4.69, 9.17) is 4.74 Å². The van der Waals surface area contributed by atoms with Crippen molar-refractivity contribution < 1.29 is 4.74 Å². The lowest BCUT2D eigenvalue weighted by atomic mass is 10.2. The number of halogens is 1. The van der Waals surface area contributed by atoms with Crippen LogP contribution >= 0.6 is 24.0 Å². The lowest BCUT2D eigenvalue weighted by molar-refractivity contribution is 0.179. The molecule has 2 atom stereocenters. The van der Waals surface area contributed by atoms with Crippen molar-refractivity contribution >= 4 is 35.6 Å². The fourth-order valence-electron chi connectivity index (χ4n) is 2.11. The van der Waals surface area contributed by atoms with Crippen molar-refractivity contribution in [3.05, 3.63) is 30.3 Å². The number of hydrogen-bond donors (Lipinski definition) is 2. The van der Waals surface area contributed by atoms with Crippen molar-refractivity contribution in [3.63, 3.8) is 0 Å². The van der Waals surface area contributed by atoms with Gasteiger partial charge in [0.15, 0.2) is 5.96 Å². The number of ether oxygens (including phenoxy) is 1. The Morgan fingerprint density at radius 2 is 1.91 bits per heavy atom. The predicted molar refractivity (Wildman–Crippen MR) is 110 cm³/mol. The molecular formula is C17H31IN4O. The third-order valence-corrected chi connectivity index (χ3v) is 3.48. The SMILES string of the molecule is CCNC(=NCC(C)N(C)c1ccccc1)NC(C)COC.I. The number of nitrogens with one attached hydrogen (secondary N) is 2. The van der Waals surface area contributed by atoms with Crippen molar-refractivity contribution in [1.82, 2.24) is 10.6 Å². The van der Waals surface area contributed by atoms with E-state index in [-0.39, 0.29) is 30.0 Å². The molecule has 0 bridgehead atoms. The van der Waals surface area contributed by atoms with E-state index in [1.54, 1.807) is 7.11 Å². The Morgan fingerprint density at radius 3 is 2.48 bits per heavy atom. The molecule has 1 rings (SSSR count). The van der Waals surface area contributed by atoms with Gasteiger partial charge in [0.05, 0.1) is 13.2 Å². The third kappa shape index (κ3) is 8.41. The van der Waals surface area contributed by atoms with E-state index in [1.165, 1.54) is 5.69 Å². The standard InChI is InChI=1S/C17H30N4O.HI/c1-6-18-17(20-14(2)13-22-5)19-12-15(3)21(4)16-10-8-7-9-11-16;/h7-11,14-15H,6,12-13H2,1-5H3,(H2,18,19,20);1H. The van der Waals surface area contributed by atoms with Crippen LogP contribution in [0.4, 0.5) is 5.69 Å². The molecule has 0 radical (unpaired) electrons. The van der Waals surface area contributed by atoms with E-state index >= 15 is 0 Å². The number of nitrogens with zero attached hydrogens (tertiary/aromatic N) is 2. The van der Waals surface area contributed by atoms with Gasteiger partial charge in [-0.1, -0.05) is 18.2 Å². The molecule has 0 amide bonds. The van der Waals surface area contributed by atoms with Crippen molar-refractivity contribution in [3.8, 4) is 0 Å². The largest absolute Gasteiger partial charge is 0.383 e. The van der Waals surface area contributed by atoms with E-state index in [0.717, 1.165) is 19.0 Å². The van der Waals surface area contributed by atoms with Crippen LogP contribution in [0.15, 0.2) is 35.3 Å². The Morgan fingerprint density at radius 1 is 1.26 bits per heavy atom. The van der Waals surface area contributed by atoms with Gasteiger partial charge in [-0.3, -0.25) is 4.99 Å². The lowest BCUT2D eigenvalue weighted by Crippen LogP contribution is -2.44. The van der Waals surface area contributed by atoms with Gasteiger partial charge >= 0.3 is 0 Å². The summed E-state index contributed by atoms with van der Waals surface area (Å²) in [6.07, 6.45) is 0. The van der Waals surface area contributed by atoms with Gasteiger partial charge in [-0.25, -0.2) is 0 Å². The maximum atomic E-state index is 5.15. The summed E-state index contributed by atoms with van der Waals surface area (Å²) < 4.78 is 5.15. The maximum absolute atomic E-state index is 5.15. The molecule has 6 heteroatoms. The molecule has 0 aliphatic heterocycles. The van der Waals surface area contributed by atoms with Crippen molar-refractivity contribution in [2.75, 3.05) is 38.8 Å². The molecule has 0 fully saturated rings. The maximum Gasteiger partial charge on any atom is 0.191 e. The van der Waals surface area contributed by atoms with Crippen molar-refractivity contribution in [2.24, 2.45) is 4.99 Å². The number of rotatable bonds is 8. The van der Waals surface area contributed by atoms with Crippen LogP contribution in [0.1, 0.15) is 20.8 Å². The van der Waals surface area contributed by atoms with E-state index in [1.807, 2.05) is 6.07 Å². The number of guanidine groups is 1. The minimum atomic E-state index is 0. The van der Waals surface area contributed by atoms with Gasteiger partial charge in [0, 0.05) is 38.5 Å². The number of hydrogen-bond acceptors (Lipinski definition) is 3. The molecule has 0 aliphatic carbocycles. The van der Waals surface area contributed by atoms with Gasteiger partial charge in [-0.15, -0.1) is 24.0 Å². The predicted octanol–water partition coefficient (Wildman–Crippen LogP) is 2.72. The average Bonchev–Trinajstić information content (AvgIpc) is 2.53. The molecule has 0 aromatic heterocycles. The van der Waals surface area contributed by atoms with Crippen LogP contribution in [0.3, 0.4) is 0 Å². The molecule has 23 heavy (non-hydrogen) atoms. The van der Waals surface area contributed by atoms with Crippen molar-refractivity contribution in [1.29, 1.82) is 0 Å². The summed E-state index contributed by atoms with van der Waals surface area (Å²) in [6, 6.07) is 10.9. The number of aliphatic imine (C=N–C) groups is 1. The van der Waals surface area contributed by atoms with Crippen LogP contribution in [0.25, 0.3) is 0 Å². The summed E-state index contributed by atoms with van der Waals surface area (Å²) in [7, 11) is 3.81. The second kappa shape index (κ2) is 12.4. The Hall–Kier alpha value is -1.02. The first-order chi connectivity index (χ1) is 10.6. The highest BCUT2D eigenvalue weighted by Gasteiger charge is 2.10. The number of likely N-dealkylation sites (N-methyl/N-ethyl adjacent to an activating group) is 1. The number of benzene rings is 1. The molecule has 1 aromatic rings. The monoisotopic (exact) mass is 434 g/mol. The van der Waals surface area contributed by atoms with Crippen LogP contribution in [-0.4, -0.2) is 51.9 Å². The Labute approximate surface area is 157 Å². The Bertz CT molecular complexity index is 441. The zero-order chi connectivity index (χ0) is 16.4. The van der Waals surface area contributed by atoms with Gasteiger partial charge in [-0.2, -0.15) is 0 Å². The van der Waals surface area contributed by atoms with Gasteiger partial charge in [-0.05, 0) is 32.9 Å². The van der Waals surface area contributed by atoms with Gasteiger partial charge in [0.25, 0.3) is 0 Å².